The zero-order valence-corrected chi connectivity index (χ0v) is 13.7. The Balaban J connectivity index is 2.24. The molecule has 0 saturated carbocycles. The van der Waals surface area contributed by atoms with E-state index in [1.54, 1.807) is 19.1 Å². The van der Waals surface area contributed by atoms with Gasteiger partial charge in [-0.05, 0) is 37.3 Å². The van der Waals surface area contributed by atoms with Gasteiger partial charge in [-0.15, -0.1) is 0 Å². The fourth-order valence-corrected chi connectivity index (χ4v) is 2.54. The summed E-state index contributed by atoms with van der Waals surface area (Å²) in [5.41, 5.74) is 0.733. The molecule has 1 aromatic carbocycles. The molecule has 0 aliphatic heterocycles. The summed E-state index contributed by atoms with van der Waals surface area (Å²) in [6.45, 7) is 2.13. The molecule has 0 unspecified atom stereocenters. The first kappa shape index (κ1) is 17.0. The second kappa shape index (κ2) is 7.30. The van der Waals surface area contributed by atoms with E-state index in [9.17, 15) is 13.2 Å². The van der Waals surface area contributed by atoms with Crippen molar-refractivity contribution in [1.29, 1.82) is 0 Å². The number of aromatic nitrogens is 1. The summed E-state index contributed by atoms with van der Waals surface area (Å²) in [4.78, 5) is 15.7. The van der Waals surface area contributed by atoms with Crippen LogP contribution in [0.1, 0.15) is 6.92 Å². The van der Waals surface area contributed by atoms with E-state index in [2.05, 4.69) is 15.6 Å². The fraction of sp³-hybridized carbons (Fsp3) is 0.143. The monoisotopic (exact) mass is 355 g/mol. The molecule has 7 nitrogen and oxygen atoms in total. The van der Waals surface area contributed by atoms with Gasteiger partial charge in [-0.2, -0.15) is 0 Å². The van der Waals surface area contributed by atoms with Crippen molar-refractivity contribution >= 4 is 37.1 Å². The molecule has 2 rings (SSSR count). The van der Waals surface area contributed by atoms with Gasteiger partial charge in [-0.1, -0.05) is 0 Å². The van der Waals surface area contributed by atoms with Crippen LogP contribution in [0.4, 0.5) is 16.2 Å². The van der Waals surface area contributed by atoms with Gasteiger partial charge in [0.05, 0.1) is 17.2 Å². The van der Waals surface area contributed by atoms with Crippen LogP contribution >= 0.6 is 10.7 Å². The molecule has 0 aliphatic rings. The molecule has 0 spiro atoms. The molecule has 122 valence electrons. The van der Waals surface area contributed by atoms with E-state index in [-0.39, 0.29) is 10.6 Å². The smallest absolute Gasteiger partial charge is 0.323 e. The summed E-state index contributed by atoms with van der Waals surface area (Å²) in [7, 11) is 1.41. The molecule has 1 aromatic heterocycles. The van der Waals surface area contributed by atoms with Crippen LogP contribution in [0.5, 0.6) is 5.75 Å². The van der Waals surface area contributed by atoms with Crippen molar-refractivity contribution < 1.29 is 17.9 Å². The first-order valence-corrected chi connectivity index (χ1v) is 8.90. The van der Waals surface area contributed by atoms with Crippen LogP contribution in [0.2, 0.25) is 0 Å². The van der Waals surface area contributed by atoms with Gasteiger partial charge >= 0.3 is 6.03 Å². The van der Waals surface area contributed by atoms with Crippen molar-refractivity contribution in [2.45, 2.75) is 11.8 Å². The van der Waals surface area contributed by atoms with Crippen LogP contribution in [0.25, 0.3) is 0 Å². The second-order valence-electron chi connectivity index (χ2n) is 4.34. The number of carbonyl (C=O) groups excluding carboxylic acids is 1. The lowest BCUT2D eigenvalue weighted by atomic mass is 10.3. The van der Waals surface area contributed by atoms with E-state index in [1.165, 1.54) is 30.6 Å². The van der Waals surface area contributed by atoms with Gasteiger partial charge in [0, 0.05) is 28.8 Å². The van der Waals surface area contributed by atoms with Gasteiger partial charge in [0.2, 0.25) is 0 Å². The highest BCUT2D eigenvalue weighted by atomic mass is 35.7. The SMILES string of the molecule is CCOc1ccc(S(=O)(=O)Cl)cc1NC(=O)Nc1ccncc1. The maximum atomic E-state index is 12.0. The Bertz CT molecular complexity index is 797. The number of amides is 2. The van der Waals surface area contributed by atoms with Crippen LogP contribution in [-0.4, -0.2) is 26.0 Å². The molecule has 0 bridgehead atoms. The third-order valence-electron chi connectivity index (χ3n) is 2.72. The van der Waals surface area contributed by atoms with E-state index < -0.39 is 15.1 Å². The molecule has 0 aliphatic carbocycles. The molecule has 9 heteroatoms. The largest absolute Gasteiger partial charge is 0.492 e. The average molecular weight is 356 g/mol. The van der Waals surface area contributed by atoms with Crippen LogP contribution in [-0.2, 0) is 9.05 Å². The van der Waals surface area contributed by atoms with Crippen LogP contribution in [0.15, 0.2) is 47.6 Å². The molecule has 2 N–H and O–H groups in total. The molecule has 23 heavy (non-hydrogen) atoms. The number of halogens is 1. The number of rotatable bonds is 5. The average Bonchev–Trinajstić information content (AvgIpc) is 2.49. The molecule has 1 heterocycles. The Kier molecular flexibility index (Phi) is 5.41. The predicted molar refractivity (Wildman–Crippen MR) is 87.5 cm³/mol. The number of hydrogen-bond acceptors (Lipinski definition) is 5. The van der Waals surface area contributed by atoms with Crippen molar-refractivity contribution in [3.8, 4) is 5.75 Å². The molecule has 0 saturated heterocycles. The second-order valence-corrected chi connectivity index (χ2v) is 6.91. The summed E-state index contributed by atoms with van der Waals surface area (Å²) in [5, 5.41) is 5.13. The van der Waals surface area contributed by atoms with Crippen molar-refractivity contribution in [2.75, 3.05) is 17.2 Å². The minimum atomic E-state index is -3.92. The van der Waals surface area contributed by atoms with Gasteiger partial charge in [0.25, 0.3) is 9.05 Å². The van der Waals surface area contributed by atoms with Gasteiger partial charge in [-0.25, -0.2) is 13.2 Å². The minimum Gasteiger partial charge on any atom is -0.492 e. The normalized spacial score (nSPS) is 10.9. The highest BCUT2D eigenvalue weighted by molar-refractivity contribution is 8.13. The Morgan fingerprint density at radius 1 is 1.22 bits per heavy atom. The fourth-order valence-electron chi connectivity index (χ4n) is 1.76. The van der Waals surface area contributed by atoms with E-state index in [0.717, 1.165) is 0 Å². The van der Waals surface area contributed by atoms with Gasteiger partial charge in [0.15, 0.2) is 0 Å². The Morgan fingerprint density at radius 3 is 2.52 bits per heavy atom. The molecule has 0 fully saturated rings. The number of carbonyl (C=O) groups is 1. The lowest BCUT2D eigenvalue weighted by Gasteiger charge is -2.13. The van der Waals surface area contributed by atoms with Crippen LogP contribution in [0, 0.1) is 0 Å². The molecular formula is C14H14ClN3O4S. The van der Waals surface area contributed by atoms with Crippen molar-refractivity contribution in [3.05, 3.63) is 42.7 Å². The third kappa shape index (κ3) is 4.83. The zero-order chi connectivity index (χ0) is 16.9. The first-order chi connectivity index (χ1) is 10.9. The summed E-state index contributed by atoms with van der Waals surface area (Å²) < 4.78 is 28.2. The van der Waals surface area contributed by atoms with Gasteiger partial charge in [0.1, 0.15) is 5.75 Å². The lowest BCUT2D eigenvalue weighted by Crippen LogP contribution is -2.20. The number of urea groups is 1. The molecular weight excluding hydrogens is 342 g/mol. The highest BCUT2D eigenvalue weighted by Crippen LogP contribution is 2.29. The lowest BCUT2D eigenvalue weighted by molar-refractivity contribution is 0.262. The first-order valence-electron chi connectivity index (χ1n) is 6.59. The number of nitrogens with zero attached hydrogens (tertiary/aromatic N) is 1. The van der Waals surface area contributed by atoms with E-state index in [4.69, 9.17) is 15.4 Å². The van der Waals surface area contributed by atoms with Crippen molar-refractivity contribution in [3.63, 3.8) is 0 Å². The predicted octanol–water partition coefficient (Wildman–Crippen LogP) is 3.05. The number of ether oxygens (including phenoxy) is 1. The van der Waals surface area contributed by atoms with Gasteiger partial charge in [-0.3, -0.25) is 4.98 Å². The number of anilines is 2. The summed E-state index contributed by atoms with van der Waals surface area (Å²) >= 11 is 0. The summed E-state index contributed by atoms with van der Waals surface area (Å²) in [6.07, 6.45) is 3.06. The summed E-state index contributed by atoms with van der Waals surface area (Å²) in [6, 6.07) is 6.64. The molecule has 0 radical (unpaired) electrons. The number of nitrogens with one attached hydrogen (secondary N) is 2. The minimum absolute atomic E-state index is 0.137. The van der Waals surface area contributed by atoms with Crippen LogP contribution in [0.3, 0.4) is 0 Å². The van der Waals surface area contributed by atoms with E-state index >= 15 is 0 Å². The quantitative estimate of drug-likeness (QED) is 0.803. The van der Waals surface area contributed by atoms with Crippen molar-refractivity contribution in [2.24, 2.45) is 0 Å². The molecule has 2 aromatic rings. The molecule has 0 atom stereocenters. The number of benzene rings is 1. The number of pyridine rings is 1. The Hall–Kier alpha value is -2.32. The van der Waals surface area contributed by atoms with E-state index in [0.29, 0.717) is 18.0 Å². The zero-order valence-electron chi connectivity index (χ0n) is 12.1. The van der Waals surface area contributed by atoms with Gasteiger partial charge < -0.3 is 15.4 Å². The topological polar surface area (TPSA) is 97.4 Å². The van der Waals surface area contributed by atoms with E-state index in [1.807, 2.05) is 0 Å². The Morgan fingerprint density at radius 2 is 1.91 bits per heavy atom. The molecule has 2 amide bonds. The summed E-state index contributed by atoms with van der Waals surface area (Å²) in [5.74, 6) is 0.335. The Labute approximate surface area is 138 Å². The highest BCUT2D eigenvalue weighted by Gasteiger charge is 2.15. The number of hydrogen-bond donors (Lipinski definition) is 2. The maximum Gasteiger partial charge on any atom is 0.323 e. The maximum absolute atomic E-state index is 12.0. The van der Waals surface area contributed by atoms with Crippen LogP contribution < -0.4 is 15.4 Å². The van der Waals surface area contributed by atoms with Crippen molar-refractivity contribution in [1.82, 2.24) is 4.98 Å². The third-order valence-corrected chi connectivity index (χ3v) is 4.07. The standard InChI is InChI=1S/C14H14ClN3O4S/c1-2-22-13-4-3-11(23(15,20)21)9-12(13)18-14(19)17-10-5-7-16-8-6-10/h3-9H,2H2,1H3,(H2,16,17,18,19).